The van der Waals surface area contributed by atoms with Crippen LogP contribution in [0.25, 0.3) is 0 Å². The summed E-state index contributed by atoms with van der Waals surface area (Å²) in [4.78, 5) is 25.9. The molecule has 4 nitrogen and oxygen atoms in total. The summed E-state index contributed by atoms with van der Waals surface area (Å²) in [5, 5.41) is 5.03. The molecule has 1 amide bonds. The van der Waals surface area contributed by atoms with Gasteiger partial charge in [0, 0.05) is 6.54 Å². The molecule has 3 rings (SSSR count). The van der Waals surface area contributed by atoms with Gasteiger partial charge in [-0.1, -0.05) is 94.8 Å². The molecule has 3 aromatic rings. The van der Waals surface area contributed by atoms with Gasteiger partial charge in [-0.05, 0) is 44.5 Å². The number of esters is 1. The quantitative estimate of drug-likeness (QED) is 0.217. The standard InChI is InChI=1S/C25H25BrNO3P/c1-25(2,26)24(29)27-18-22(23(28)30-19-12-6-3-7-13-19)31(20-14-8-4-9-15-20)21-16-10-5-11-17-21/h3-17,22H,18H2,1-2H3,(H,27,29). The lowest BCUT2D eigenvalue weighted by Gasteiger charge is -2.28. The lowest BCUT2D eigenvalue weighted by Crippen LogP contribution is -2.45. The molecule has 0 bridgehead atoms. The van der Waals surface area contributed by atoms with Gasteiger partial charge in [0.15, 0.2) is 0 Å². The van der Waals surface area contributed by atoms with Gasteiger partial charge in [0.2, 0.25) is 5.91 Å². The summed E-state index contributed by atoms with van der Waals surface area (Å²) in [6.45, 7) is 3.72. The SMILES string of the molecule is CC(C)(Br)C(=O)NCC(C(=O)Oc1ccccc1)P(c1ccccc1)c1ccccc1. The molecule has 0 radical (unpaired) electrons. The molecule has 0 aliphatic rings. The highest BCUT2D eigenvalue weighted by Crippen LogP contribution is 2.40. The summed E-state index contributed by atoms with van der Waals surface area (Å²) >= 11 is 3.39. The van der Waals surface area contributed by atoms with Gasteiger partial charge in [-0.25, -0.2) is 0 Å². The molecule has 1 N–H and O–H groups in total. The maximum atomic E-state index is 13.4. The first-order chi connectivity index (χ1) is 14.9. The van der Waals surface area contributed by atoms with Crippen LogP contribution < -0.4 is 20.7 Å². The fraction of sp³-hybridized carbons (Fsp3) is 0.200. The fourth-order valence-electron chi connectivity index (χ4n) is 3.04. The van der Waals surface area contributed by atoms with E-state index in [-0.39, 0.29) is 18.4 Å². The number of amides is 1. The Bertz CT molecular complexity index is 952. The van der Waals surface area contributed by atoms with Gasteiger partial charge >= 0.3 is 5.97 Å². The van der Waals surface area contributed by atoms with Crippen LogP contribution in [0.15, 0.2) is 91.0 Å². The van der Waals surface area contributed by atoms with Gasteiger partial charge < -0.3 is 10.1 Å². The van der Waals surface area contributed by atoms with E-state index in [1.165, 1.54) is 0 Å². The van der Waals surface area contributed by atoms with E-state index in [4.69, 9.17) is 4.74 Å². The average molecular weight is 498 g/mol. The van der Waals surface area contributed by atoms with Crippen molar-refractivity contribution in [1.82, 2.24) is 5.32 Å². The number of para-hydroxylation sites is 1. The Labute approximate surface area is 192 Å². The number of nitrogens with one attached hydrogen (secondary N) is 1. The third kappa shape index (κ3) is 6.49. The molecule has 0 aliphatic heterocycles. The molecule has 0 saturated carbocycles. The highest BCUT2D eigenvalue weighted by atomic mass is 79.9. The summed E-state index contributed by atoms with van der Waals surface area (Å²) in [7, 11) is -1.12. The Morgan fingerprint density at radius 1 is 0.871 bits per heavy atom. The number of carbonyl (C=O) groups is 2. The van der Waals surface area contributed by atoms with Gasteiger partial charge in [0.25, 0.3) is 0 Å². The van der Waals surface area contributed by atoms with Crippen LogP contribution in [-0.4, -0.2) is 28.4 Å². The zero-order valence-corrected chi connectivity index (χ0v) is 20.0. The topological polar surface area (TPSA) is 55.4 Å². The Morgan fingerprint density at radius 3 is 1.77 bits per heavy atom. The monoisotopic (exact) mass is 497 g/mol. The molecule has 0 spiro atoms. The van der Waals surface area contributed by atoms with E-state index in [9.17, 15) is 9.59 Å². The normalized spacial score (nSPS) is 12.3. The lowest BCUT2D eigenvalue weighted by molar-refractivity contribution is -0.133. The lowest BCUT2D eigenvalue weighted by atomic mass is 10.2. The van der Waals surface area contributed by atoms with Crippen molar-refractivity contribution >= 4 is 46.3 Å². The van der Waals surface area contributed by atoms with Crippen LogP contribution in [0, 0.1) is 0 Å². The maximum absolute atomic E-state index is 13.4. The predicted octanol–water partition coefficient (Wildman–Crippen LogP) is 4.38. The molecule has 3 aromatic carbocycles. The number of halogens is 1. The average Bonchev–Trinajstić information content (AvgIpc) is 2.77. The molecule has 0 aromatic heterocycles. The smallest absolute Gasteiger partial charge is 0.321 e. The van der Waals surface area contributed by atoms with Gasteiger partial charge in [-0.2, -0.15) is 0 Å². The van der Waals surface area contributed by atoms with Crippen LogP contribution in [-0.2, 0) is 9.59 Å². The van der Waals surface area contributed by atoms with Gasteiger partial charge in [0.1, 0.15) is 11.4 Å². The molecule has 1 atom stereocenters. The zero-order chi connectivity index (χ0) is 22.3. The minimum Gasteiger partial charge on any atom is -0.426 e. The summed E-state index contributed by atoms with van der Waals surface area (Å²) in [6.07, 6.45) is 0. The molecule has 0 heterocycles. The molecule has 6 heteroatoms. The van der Waals surface area contributed by atoms with Crippen LogP contribution >= 0.6 is 23.9 Å². The van der Waals surface area contributed by atoms with Crippen LogP contribution in [0.1, 0.15) is 13.8 Å². The van der Waals surface area contributed by atoms with E-state index in [1.807, 2.05) is 78.9 Å². The highest BCUT2D eigenvalue weighted by molar-refractivity contribution is 9.10. The molecule has 1 unspecified atom stereocenters. The second kappa shape index (κ2) is 10.7. The molecular weight excluding hydrogens is 473 g/mol. The summed E-state index contributed by atoms with van der Waals surface area (Å²) < 4.78 is 5.00. The number of hydrogen-bond donors (Lipinski definition) is 1. The Kier molecular flexibility index (Phi) is 8.00. The third-order valence-electron chi connectivity index (χ3n) is 4.61. The van der Waals surface area contributed by atoms with Crippen LogP contribution in [0.4, 0.5) is 0 Å². The van der Waals surface area contributed by atoms with Crippen molar-refractivity contribution in [3.8, 4) is 5.75 Å². The minimum atomic E-state index is -1.12. The van der Waals surface area contributed by atoms with Crippen molar-refractivity contribution < 1.29 is 14.3 Å². The zero-order valence-electron chi connectivity index (χ0n) is 17.5. The first-order valence-electron chi connectivity index (χ1n) is 9.99. The van der Waals surface area contributed by atoms with Crippen molar-refractivity contribution in [2.24, 2.45) is 0 Å². The van der Waals surface area contributed by atoms with E-state index < -0.39 is 17.9 Å². The molecule has 0 saturated heterocycles. The highest BCUT2D eigenvalue weighted by Gasteiger charge is 2.34. The molecule has 160 valence electrons. The van der Waals surface area contributed by atoms with E-state index in [1.54, 1.807) is 26.0 Å². The number of hydrogen-bond acceptors (Lipinski definition) is 3. The number of benzene rings is 3. The first-order valence-corrected chi connectivity index (χ1v) is 12.2. The first kappa shape index (κ1) is 23.2. The number of rotatable bonds is 8. The second-order valence-corrected chi connectivity index (χ2v) is 11.9. The maximum Gasteiger partial charge on any atom is 0.321 e. The van der Waals surface area contributed by atoms with Crippen molar-refractivity contribution in [2.45, 2.75) is 23.8 Å². The third-order valence-corrected chi connectivity index (χ3v) is 7.70. The molecule has 0 aliphatic carbocycles. The van der Waals surface area contributed by atoms with E-state index in [2.05, 4.69) is 21.2 Å². The summed E-state index contributed by atoms with van der Waals surface area (Å²) in [6, 6.07) is 28.9. The van der Waals surface area contributed by atoms with Crippen molar-refractivity contribution in [3.63, 3.8) is 0 Å². The van der Waals surface area contributed by atoms with Gasteiger partial charge in [-0.15, -0.1) is 0 Å². The van der Waals surface area contributed by atoms with Crippen molar-refractivity contribution in [2.75, 3.05) is 6.54 Å². The number of ether oxygens (including phenoxy) is 1. The van der Waals surface area contributed by atoms with Crippen LogP contribution in [0.2, 0.25) is 0 Å². The minimum absolute atomic E-state index is 0.176. The molecule has 31 heavy (non-hydrogen) atoms. The van der Waals surface area contributed by atoms with Crippen LogP contribution in [0.3, 0.4) is 0 Å². The largest absolute Gasteiger partial charge is 0.426 e. The Hall–Kier alpha value is -2.49. The Morgan fingerprint density at radius 2 is 1.32 bits per heavy atom. The summed E-state index contributed by atoms with van der Waals surface area (Å²) in [5.74, 6) is -0.0560. The van der Waals surface area contributed by atoms with E-state index >= 15 is 0 Å². The number of carbonyl (C=O) groups excluding carboxylic acids is 2. The van der Waals surface area contributed by atoms with Gasteiger partial charge in [0.05, 0.1) is 4.32 Å². The van der Waals surface area contributed by atoms with Crippen molar-refractivity contribution in [1.29, 1.82) is 0 Å². The van der Waals surface area contributed by atoms with Crippen molar-refractivity contribution in [3.05, 3.63) is 91.0 Å². The second-order valence-electron chi connectivity index (χ2n) is 7.47. The van der Waals surface area contributed by atoms with E-state index in [0.717, 1.165) is 10.6 Å². The fourth-order valence-corrected chi connectivity index (χ4v) is 5.72. The molecule has 0 fully saturated rings. The Balaban J connectivity index is 1.98. The summed E-state index contributed by atoms with van der Waals surface area (Å²) in [5.41, 5.74) is -0.557. The van der Waals surface area contributed by atoms with Gasteiger partial charge in [-0.3, -0.25) is 9.59 Å². The molecular formula is C25H25BrNO3P. The predicted molar refractivity (Wildman–Crippen MR) is 131 cm³/mol. The van der Waals surface area contributed by atoms with E-state index in [0.29, 0.717) is 5.75 Å². The number of alkyl halides is 1. The van der Waals surface area contributed by atoms with Crippen LogP contribution in [0.5, 0.6) is 5.75 Å².